The van der Waals surface area contributed by atoms with Gasteiger partial charge in [0.05, 0.1) is 15.7 Å². The second kappa shape index (κ2) is 8.32. The molecule has 0 aromatic heterocycles. The lowest BCUT2D eigenvalue weighted by Gasteiger charge is -2.33. The van der Waals surface area contributed by atoms with Crippen molar-refractivity contribution in [1.82, 2.24) is 9.21 Å². The predicted octanol–water partition coefficient (Wildman–Crippen LogP) is 2.52. The molecule has 1 aromatic rings. The van der Waals surface area contributed by atoms with Crippen LogP contribution in [0.5, 0.6) is 0 Å². The van der Waals surface area contributed by atoms with E-state index in [1.165, 1.54) is 16.4 Å². The molecular weight excluding hydrogens is 382 g/mol. The van der Waals surface area contributed by atoms with E-state index >= 15 is 0 Å². The normalized spacial score (nSPS) is 18.5. The first-order valence-electron chi connectivity index (χ1n) is 8.45. The van der Waals surface area contributed by atoms with Crippen molar-refractivity contribution in [2.24, 2.45) is 5.92 Å². The Morgan fingerprint density at radius 1 is 1.38 bits per heavy atom. The maximum absolute atomic E-state index is 12.9. The molecule has 1 aromatic carbocycles. The zero-order valence-electron chi connectivity index (χ0n) is 14.7. The minimum absolute atomic E-state index is 0.0583. The Bertz CT molecular complexity index is 795. The van der Waals surface area contributed by atoms with Crippen LogP contribution in [0.4, 0.5) is 5.69 Å². The Labute approximate surface area is 157 Å². The maximum Gasteiger partial charge on any atom is 0.289 e. The summed E-state index contributed by atoms with van der Waals surface area (Å²) >= 11 is 5.76. The summed E-state index contributed by atoms with van der Waals surface area (Å²) in [5.41, 5.74) is -0.458. The van der Waals surface area contributed by atoms with Gasteiger partial charge in [-0.2, -0.15) is 4.31 Å². The minimum atomic E-state index is -3.94. The molecule has 1 fully saturated rings. The summed E-state index contributed by atoms with van der Waals surface area (Å²) in [6.45, 7) is 5.26. The fourth-order valence-electron chi connectivity index (χ4n) is 3.10. The van der Waals surface area contributed by atoms with E-state index in [1.807, 2.05) is 13.8 Å². The average molecular weight is 404 g/mol. The highest BCUT2D eigenvalue weighted by molar-refractivity contribution is 7.89. The predicted molar refractivity (Wildman–Crippen MR) is 97.5 cm³/mol. The number of hydrogen-bond donors (Lipinski definition) is 0. The van der Waals surface area contributed by atoms with Gasteiger partial charge >= 0.3 is 0 Å². The van der Waals surface area contributed by atoms with E-state index in [2.05, 4.69) is 0 Å². The molecule has 0 spiro atoms. The molecule has 0 bridgehead atoms. The van der Waals surface area contributed by atoms with E-state index in [1.54, 1.807) is 4.90 Å². The molecule has 1 unspecified atom stereocenters. The number of carbonyl (C=O) groups excluding carboxylic acids is 1. The lowest BCUT2D eigenvalue weighted by Crippen LogP contribution is -2.46. The van der Waals surface area contributed by atoms with Crippen molar-refractivity contribution in [1.29, 1.82) is 0 Å². The van der Waals surface area contributed by atoms with E-state index in [0.717, 1.165) is 6.07 Å². The Balaban J connectivity index is 2.28. The molecule has 26 heavy (non-hydrogen) atoms. The number of benzene rings is 1. The van der Waals surface area contributed by atoms with E-state index in [9.17, 15) is 23.3 Å². The number of piperidine rings is 1. The van der Waals surface area contributed by atoms with Crippen LogP contribution in [0.15, 0.2) is 23.1 Å². The molecule has 10 heteroatoms. The van der Waals surface area contributed by atoms with Gasteiger partial charge in [-0.25, -0.2) is 8.42 Å². The van der Waals surface area contributed by atoms with Crippen LogP contribution in [-0.4, -0.2) is 54.6 Å². The van der Waals surface area contributed by atoms with Crippen LogP contribution in [0.25, 0.3) is 0 Å². The second-order valence-electron chi connectivity index (χ2n) is 6.08. The number of carbonyl (C=O) groups is 1. The molecule has 1 atom stereocenters. The van der Waals surface area contributed by atoms with Gasteiger partial charge in [0.25, 0.3) is 5.69 Å². The van der Waals surface area contributed by atoms with Crippen molar-refractivity contribution in [2.45, 2.75) is 31.6 Å². The van der Waals surface area contributed by atoms with Crippen LogP contribution in [0.3, 0.4) is 0 Å². The average Bonchev–Trinajstić information content (AvgIpc) is 2.62. The zero-order valence-corrected chi connectivity index (χ0v) is 16.3. The molecule has 0 radical (unpaired) electrons. The highest BCUT2D eigenvalue weighted by Crippen LogP contribution is 2.30. The lowest BCUT2D eigenvalue weighted by atomic mass is 9.98. The first-order chi connectivity index (χ1) is 12.2. The van der Waals surface area contributed by atoms with Crippen molar-refractivity contribution < 1.29 is 18.1 Å². The van der Waals surface area contributed by atoms with Crippen molar-refractivity contribution >= 4 is 33.2 Å². The minimum Gasteiger partial charge on any atom is -0.343 e. The van der Waals surface area contributed by atoms with Crippen molar-refractivity contribution in [2.75, 3.05) is 26.2 Å². The Morgan fingerprint density at radius 3 is 2.62 bits per heavy atom. The molecule has 1 saturated heterocycles. The number of nitrogens with zero attached hydrogens (tertiary/aromatic N) is 3. The summed E-state index contributed by atoms with van der Waals surface area (Å²) < 4.78 is 27.0. The third-order valence-electron chi connectivity index (χ3n) is 4.56. The molecule has 0 aliphatic carbocycles. The van der Waals surface area contributed by atoms with Gasteiger partial charge in [-0.3, -0.25) is 14.9 Å². The molecule has 1 aliphatic rings. The van der Waals surface area contributed by atoms with Gasteiger partial charge in [0.1, 0.15) is 5.02 Å². The first kappa shape index (κ1) is 20.6. The van der Waals surface area contributed by atoms with Crippen LogP contribution >= 0.6 is 11.6 Å². The Hall–Kier alpha value is -1.71. The van der Waals surface area contributed by atoms with Crippen molar-refractivity contribution in [3.8, 4) is 0 Å². The topological polar surface area (TPSA) is 101 Å². The third-order valence-corrected chi connectivity index (χ3v) is 6.74. The van der Waals surface area contributed by atoms with Gasteiger partial charge in [-0.1, -0.05) is 11.6 Å². The smallest absolute Gasteiger partial charge is 0.289 e. The van der Waals surface area contributed by atoms with E-state index < -0.39 is 26.6 Å². The number of sulfonamides is 1. The molecule has 0 N–H and O–H groups in total. The number of amides is 1. The number of rotatable bonds is 6. The monoisotopic (exact) mass is 403 g/mol. The quantitative estimate of drug-likeness (QED) is 0.536. The van der Waals surface area contributed by atoms with Crippen LogP contribution in [0, 0.1) is 16.0 Å². The molecule has 2 rings (SSSR count). The SMILES string of the molecule is CCN(CC)C(=O)C1CCCN(S(=O)(=O)c2ccc(Cl)c([N+](=O)[O-])c2)C1. The summed E-state index contributed by atoms with van der Waals surface area (Å²) in [7, 11) is -3.94. The molecule has 144 valence electrons. The summed E-state index contributed by atoms with van der Waals surface area (Å²) in [5, 5.41) is 10.9. The lowest BCUT2D eigenvalue weighted by molar-refractivity contribution is -0.384. The fraction of sp³-hybridized carbons (Fsp3) is 0.562. The van der Waals surface area contributed by atoms with E-state index in [0.29, 0.717) is 25.9 Å². The summed E-state index contributed by atoms with van der Waals surface area (Å²) in [4.78, 5) is 24.4. The molecule has 1 heterocycles. The summed E-state index contributed by atoms with van der Waals surface area (Å²) in [6.07, 6.45) is 1.19. The summed E-state index contributed by atoms with van der Waals surface area (Å²) in [6, 6.07) is 3.42. The number of hydrogen-bond acceptors (Lipinski definition) is 5. The van der Waals surface area contributed by atoms with Crippen molar-refractivity contribution in [3.63, 3.8) is 0 Å². The van der Waals surface area contributed by atoms with Crippen LogP contribution in [0.1, 0.15) is 26.7 Å². The molecule has 0 saturated carbocycles. The van der Waals surface area contributed by atoms with Gasteiger partial charge in [-0.05, 0) is 38.8 Å². The largest absolute Gasteiger partial charge is 0.343 e. The maximum atomic E-state index is 12.9. The molecule has 8 nitrogen and oxygen atoms in total. The van der Waals surface area contributed by atoms with Gasteiger partial charge in [-0.15, -0.1) is 0 Å². The Kier molecular flexibility index (Phi) is 6.59. The van der Waals surface area contributed by atoms with Gasteiger partial charge < -0.3 is 4.90 Å². The van der Waals surface area contributed by atoms with Gasteiger partial charge in [0.2, 0.25) is 15.9 Å². The zero-order chi connectivity index (χ0) is 19.5. The van der Waals surface area contributed by atoms with Crippen molar-refractivity contribution in [3.05, 3.63) is 33.3 Å². The van der Waals surface area contributed by atoms with Crippen LogP contribution < -0.4 is 0 Å². The highest BCUT2D eigenvalue weighted by atomic mass is 35.5. The number of halogens is 1. The second-order valence-corrected chi connectivity index (χ2v) is 8.43. The first-order valence-corrected chi connectivity index (χ1v) is 10.3. The van der Waals surface area contributed by atoms with Gasteiger partial charge in [0.15, 0.2) is 0 Å². The van der Waals surface area contributed by atoms with E-state index in [-0.39, 0.29) is 28.9 Å². The number of nitro benzene ring substituents is 1. The summed E-state index contributed by atoms with van der Waals surface area (Å²) in [5.74, 6) is -0.460. The number of nitro groups is 1. The van der Waals surface area contributed by atoms with E-state index in [4.69, 9.17) is 11.6 Å². The van der Waals surface area contributed by atoms with Crippen LogP contribution in [-0.2, 0) is 14.8 Å². The van der Waals surface area contributed by atoms with Gasteiger partial charge in [0, 0.05) is 32.2 Å². The Morgan fingerprint density at radius 2 is 2.04 bits per heavy atom. The van der Waals surface area contributed by atoms with Crippen LogP contribution in [0.2, 0.25) is 5.02 Å². The standard InChI is InChI=1S/C16H22ClN3O5S/c1-3-18(4-2)16(21)12-6-5-9-19(11-12)26(24,25)13-7-8-14(17)15(10-13)20(22)23/h7-8,10,12H,3-6,9,11H2,1-2H3. The molecular formula is C16H22ClN3O5S. The molecule has 1 aliphatic heterocycles. The third kappa shape index (κ3) is 4.16. The fourth-order valence-corrected chi connectivity index (χ4v) is 4.83. The highest BCUT2D eigenvalue weighted by Gasteiger charge is 2.35. The molecule has 1 amide bonds.